The molecule has 126 valence electrons. The Morgan fingerprint density at radius 1 is 1.17 bits per heavy atom. The number of pyridine rings is 1. The summed E-state index contributed by atoms with van der Waals surface area (Å²) in [5.41, 5.74) is 5.12. The van der Waals surface area contributed by atoms with Crippen LogP contribution in [0.25, 0.3) is 16.9 Å². The Labute approximate surface area is 140 Å². The molecule has 0 aliphatic rings. The van der Waals surface area contributed by atoms with Gasteiger partial charge in [0.25, 0.3) is 0 Å². The molecule has 0 amide bonds. The van der Waals surface area contributed by atoms with E-state index in [9.17, 15) is 4.79 Å². The standard InChI is InChI=1S/C18H22N4O2/c1-11-10-12(2)19-17-16(11)18(22-13(3)7-8-14(22)4)20-21(17)9-5-6-15(23)24/h7-8,10H,5-6,9H2,1-4H3,(H,23,24). The van der Waals surface area contributed by atoms with Crippen LogP contribution < -0.4 is 0 Å². The number of carbonyl (C=O) groups is 1. The van der Waals surface area contributed by atoms with Crippen LogP contribution >= 0.6 is 0 Å². The van der Waals surface area contributed by atoms with Crippen LogP contribution in [0.15, 0.2) is 18.2 Å². The number of fused-ring (bicyclic) bond motifs is 1. The largest absolute Gasteiger partial charge is 0.481 e. The second-order valence-corrected chi connectivity index (χ2v) is 6.27. The molecule has 0 saturated heterocycles. The van der Waals surface area contributed by atoms with Crippen LogP contribution in [0.4, 0.5) is 0 Å². The fourth-order valence-corrected chi connectivity index (χ4v) is 3.19. The van der Waals surface area contributed by atoms with E-state index in [0.717, 1.165) is 39.5 Å². The second kappa shape index (κ2) is 6.11. The molecule has 3 aromatic heterocycles. The summed E-state index contributed by atoms with van der Waals surface area (Å²) in [5, 5.41) is 14.7. The maximum atomic E-state index is 10.8. The monoisotopic (exact) mass is 326 g/mol. The minimum atomic E-state index is -0.788. The summed E-state index contributed by atoms with van der Waals surface area (Å²) in [4.78, 5) is 15.5. The number of aryl methyl sites for hydroxylation is 5. The number of hydrogen-bond acceptors (Lipinski definition) is 3. The van der Waals surface area contributed by atoms with Crippen LogP contribution in [-0.2, 0) is 11.3 Å². The Balaban J connectivity index is 2.18. The van der Waals surface area contributed by atoms with E-state index >= 15 is 0 Å². The summed E-state index contributed by atoms with van der Waals surface area (Å²) >= 11 is 0. The number of rotatable bonds is 5. The van der Waals surface area contributed by atoms with E-state index in [1.165, 1.54) is 0 Å². The molecule has 0 aliphatic carbocycles. The van der Waals surface area contributed by atoms with E-state index in [1.54, 1.807) is 0 Å². The second-order valence-electron chi connectivity index (χ2n) is 6.27. The molecule has 0 aromatic carbocycles. The van der Waals surface area contributed by atoms with Crippen molar-refractivity contribution in [3.05, 3.63) is 40.8 Å². The molecular formula is C18H22N4O2. The molecule has 0 fully saturated rings. The van der Waals surface area contributed by atoms with Gasteiger partial charge >= 0.3 is 5.97 Å². The summed E-state index contributed by atoms with van der Waals surface area (Å²) in [6.45, 7) is 8.68. The van der Waals surface area contributed by atoms with E-state index in [-0.39, 0.29) is 6.42 Å². The first-order valence-electron chi connectivity index (χ1n) is 8.10. The Kier molecular flexibility index (Phi) is 4.13. The van der Waals surface area contributed by atoms with E-state index in [2.05, 4.69) is 48.5 Å². The van der Waals surface area contributed by atoms with Gasteiger partial charge in [0, 0.05) is 30.0 Å². The van der Waals surface area contributed by atoms with Gasteiger partial charge in [0.2, 0.25) is 0 Å². The Morgan fingerprint density at radius 3 is 2.46 bits per heavy atom. The number of nitrogens with zero attached hydrogens (tertiary/aromatic N) is 4. The smallest absolute Gasteiger partial charge is 0.303 e. The fourth-order valence-electron chi connectivity index (χ4n) is 3.19. The van der Waals surface area contributed by atoms with Crippen LogP contribution in [0.5, 0.6) is 0 Å². The Bertz CT molecular complexity index is 901. The van der Waals surface area contributed by atoms with Crippen molar-refractivity contribution >= 4 is 17.0 Å². The fraction of sp³-hybridized carbons (Fsp3) is 0.389. The lowest BCUT2D eigenvalue weighted by Crippen LogP contribution is -2.06. The summed E-state index contributed by atoms with van der Waals surface area (Å²) in [6.07, 6.45) is 0.660. The molecule has 3 aromatic rings. The molecule has 0 saturated carbocycles. The van der Waals surface area contributed by atoms with E-state index in [4.69, 9.17) is 10.2 Å². The number of hydrogen-bond donors (Lipinski definition) is 1. The topological polar surface area (TPSA) is 72.9 Å². The number of carboxylic acid groups (broad SMARTS) is 1. The third kappa shape index (κ3) is 2.79. The molecule has 6 nitrogen and oxygen atoms in total. The molecule has 0 spiro atoms. The molecular weight excluding hydrogens is 304 g/mol. The average Bonchev–Trinajstić information content (AvgIpc) is 2.99. The van der Waals surface area contributed by atoms with Crippen molar-refractivity contribution in [2.45, 2.75) is 47.1 Å². The van der Waals surface area contributed by atoms with Gasteiger partial charge in [-0.2, -0.15) is 5.10 Å². The van der Waals surface area contributed by atoms with Gasteiger partial charge in [0.05, 0.1) is 5.39 Å². The lowest BCUT2D eigenvalue weighted by molar-refractivity contribution is -0.137. The summed E-state index contributed by atoms with van der Waals surface area (Å²) in [7, 11) is 0. The molecule has 6 heteroatoms. The van der Waals surface area contributed by atoms with Crippen molar-refractivity contribution < 1.29 is 9.90 Å². The van der Waals surface area contributed by atoms with Gasteiger partial charge in [-0.05, 0) is 57.9 Å². The van der Waals surface area contributed by atoms with Crippen LogP contribution in [-0.4, -0.2) is 30.4 Å². The highest BCUT2D eigenvalue weighted by Gasteiger charge is 2.18. The van der Waals surface area contributed by atoms with Crippen LogP contribution in [0, 0.1) is 27.7 Å². The predicted molar refractivity (Wildman–Crippen MR) is 92.7 cm³/mol. The molecule has 0 aliphatic heterocycles. The van der Waals surface area contributed by atoms with Crippen molar-refractivity contribution in [1.82, 2.24) is 19.3 Å². The molecule has 0 bridgehead atoms. The van der Waals surface area contributed by atoms with Gasteiger partial charge in [0.1, 0.15) is 0 Å². The maximum absolute atomic E-state index is 10.8. The maximum Gasteiger partial charge on any atom is 0.303 e. The summed E-state index contributed by atoms with van der Waals surface area (Å²) in [6, 6.07) is 6.20. The molecule has 0 radical (unpaired) electrons. The van der Waals surface area contributed by atoms with Crippen molar-refractivity contribution in [2.24, 2.45) is 0 Å². The molecule has 0 atom stereocenters. The van der Waals surface area contributed by atoms with Crippen LogP contribution in [0.2, 0.25) is 0 Å². The van der Waals surface area contributed by atoms with Crippen molar-refractivity contribution in [1.29, 1.82) is 0 Å². The lowest BCUT2D eigenvalue weighted by Gasteiger charge is -2.07. The molecule has 0 unspecified atom stereocenters. The van der Waals surface area contributed by atoms with Gasteiger partial charge in [-0.15, -0.1) is 0 Å². The van der Waals surface area contributed by atoms with E-state index < -0.39 is 5.97 Å². The Hall–Kier alpha value is -2.63. The predicted octanol–water partition coefficient (Wildman–Crippen LogP) is 3.32. The highest BCUT2D eigenvalue weighted by atomic mass is 16.4. The van der Waals surface area contributed by atoms with Crippen molar-refractivity contribution in [3.8, 4) is 5.82 Å². The third-order valence-electron chi connectivity index (χ3n) is 4.25. The van der Waals surface area contributed by atoms with Gasteiger partial charge in [0.15, 0.2) is 11.5 Å². The lowest BCUT2D eigenvalue weighted by atomic mass is 10.1. The third-order valence-corrected chi connectivity index (χ3v) is 4.25. The first kappa shape index (κ1) is 16.2. The summed E-state index contributed by atoms with van der Waals surface area (Å²) < 4.78 is 3.96. The zero-order chi connectivity index (χ0) is 17.4. The van der Waals surface area contributed by atoms with E-state index in [0.29, 0.717) is 13.0 Å². The zero-order valence-electron chi connectivity index (χ0n) is 14.5. The quantitative estimate of drug-likeness (QED) is 0.780. The van der Waals surface area contributed by atoms with Crippen molar-refractivity contribution in [3.63, 3.8) is 0 Å². The van der Waals surface area contributed by atoms with Gasteiger partial charge in [-0.1, -0.05) is 0 Å². The molecule has 1 N–H and O–H groups in total. The molecule has 3 rings (SSSR count). The first-order chi connectivity index (χ1) is 11.4. The van der Waals surface area contributed by atoms with Gasteiger partial charge in [-0.25, -0.2) is 9.67 Å². The van der Waals surface area contributed by atoms with E-state index in [1.807, 2.05) is 11.6 Å². The van der Waals surface area contributed by atoms with Crippen LogP contribution in [0.1, 0.15) is 35.5 Å². The molecule has 24 heavy (non-hydrogen) atoms. The highest BCUT2D eigenvalue weighted by molar-refractivity contribution is 5.87. The summed E-state index contributed by atoms with van der Waals surface area (Å²) in [5.74, 6) is 0.0782. The van der Waals surface area contributed by atoms with Crippen LogP contribution in [0.3, 0.4) is 0 Å². The van der Waals surface area contributed by atoms with Gasteiger partial charge in [-0.3, -0.25) is 4.79 Å². The zero-order valence-corrected chi connectivity index (χ0v) is 14.5. The number of aromatic nitrogens is 4. The number of aliphatic carboxylic acids is 1. The minimum absolute atomic E-state index is 0.128. The highest BCUT2D eigenvalue weighted by Crippen LogP contribution is 2.27. The van der Waals surface area contributed by atoms with Gasteiger partial charge < -0.3 is 9.67 Å². The average molecular weight is 326 g/mol. The normalized spacial score (nSPS) is 11.3. The number of carboxylic acids is 1. The first-order valence-corrected chi connectivity index (χ1v) is 8.10. The molecule has 3 heterocycles. The Morgan fingerprint density at radius 2 is 1.83 bits per heavy atom. The minimum Gasteiger partial charge on any atom is -0.481 e. The SMILES string of the molecule is Cc1cc(C)c2c(-n3c(C)ccc3C)nn(CCCC(=O)O)c2n1. The van der Waals surface area contributed by atoms with Crippen molar-refractivity contribution in [2.75, 3.05) is 0 Å².